The Hall–Kier alpha value is -0.710. The Bertz CT molecular complexity index is 324. The number of likely N-dealkylation sites (N-methyl/N-ethyl adjacent to an activating group) is 1. The number of carbonyl (C=O) groups is 1. The molecular formula is C12H21N3OS. The maximum Gasteiger partial charge on any atom is 0.242 e. The molecule has 0 aromatic carbocycles. The van der Waals surface area contributed by atoms with Crippen LogP contribution in [0.25, 0.3) is 0 Å². The second kappa shape index (κ2) is 5.29. The molecule has 1 saturated carbocycles. The lowest BCUT2D eigenvalue weighted by molar-refractivity contribution is -0.121. The zero-order chi connectivity index (χ0) is 12.3. The first-order valence-corrected chi connectivity index (χ1v) is 7.29. The molecule has 1 fully saturated rings. The van der Waals surface area contributed by atoms with Crippen molar-refractivity contribution in [1.29, 1.82) is 0 Å². The number of rotatable bonds is 2. The minimum atomic E-state index is -0.205. The fraction of sp³-hybridized carbons (Fsp3) is 0.833. The molecule has 0 saturated heterocycles. The lowest BCUT2D eigenvalue weighted by Crippen LogP contribution is -2.44. The van der Waals surface area contributed by atoms with Crippen LogP contribution in [-0.2, 0) is 4.79 Å². The summed E-state index contributed by atoms with van der Waals surface area (Å²) in [6, 6.07) is -0.205. The van der Waals surface area contributed by atoms with Gasteiger partial charge in [-0.1, -0.05) is 24.6 Å². The van der Waals surface area contributed by atoms with Gasteiger partial charge in [-0.3, -0.25) is 9.79 Å². The lowest BCUT2D eigenvalue weighted by atomic mass is 9.89. The summed E-state index contributed by atoms with van der Waals surface area (Å²) >= 11 is 1.77. The van der Waals surface area contributed by atoms with Crippen LogP contribution >= 0.6 is 11.8 Å². The van der Waals surface area contributed by atoms with Gasteiger partial charge in [0.05, 0.1) is 0 Å². The van der Waals surface area contributed by atoms with E-state index in [-0.39, 0.29) is 11.9 Å². The number of hydrogen-bond donors (Lipinski definition) is 2. The Labute approximate surface area is 107 Å². The Morgan fingerprint density at radius 3 is 2.71 bits per heavy atom. The number of amidine groups is 1. The molecule has 2 rings (SSSR count). The van der Waals surface area contributed by atoms with Crippen LogP contribution in [0.2, 0.25) is 0 Å². The average molecular weight is 255 g/mol. The minimum absolute atomic E-state index is 0.00875. The van der Waals surface area contributed by atoms with Crippen molar-refractivity contribution in [3.05, 3.63) is 0 Å². The van der Waals surface area contributed by atoms with Crippen LogP contribution < -0.4 is 10.6 Å². The molecule has 1 amide bonds. The van der Waals surface area contributed by atoms with Gasteiger partial charge < -0.3 is 10.6 Å². The first-order chi connectivity index (χ1) is 8.15. The van der Waals surface area contributed by atoms with E-state index in [2.05, 4.69) is 15.6 Å². The molecule has 17 heavy (non-hydrogen) atoms. The molecular weight excluding hydrogens is 234 g/mol. The first-order valence-electron chi connectivity index (χ1n) is 6.31. The Kier molecular flexibility index (Phi) is 3.97. The smallest absolute Gasteiger partial charge is 0.242 e. The summed E-state index contributed by atoms with van der Waals surface area (Å²) in [6.07, 6.45) is 5.35. The van der Waals surface area contributed by atoms with Gasteiger partial charge in [0.2, 0.25) is 5.91 Å². The number of thioether (sulfide) groups is 1. The van der Waals surface area contributed by atoms with Gasteiger partial charge in [-0.05, 0) is 25.2 Å². The van der Waals surface area contributed by atoms with Crippen molar-refractivity contribution in [3.8, 4) is 0 Å². The summed E-state index contributed by atoms with van der Waals surface area (Å²) in [5.74, 6) is 1.16. The molecule has 4 nitrogen and oxygen atoms in total. The van der Waals surface area contributed by atoms with Crippen molar-refractivity contribution >= 4 is 22.8 Å². The summed E-state index contributed by atoms with van der Waals surface area (Å²) in [6.45, 7) is 2.80. The van der Waals surface area contributed by atoms with E-state index in [1.54, 1.807) is 18.8 Å². The largest absolute Gasteiger partial charge is 0.357 e. The number of nitrogens with zero attached hydrogens (tertiary/aromatic N) is 1. The van der Waals surface area contributed by atoms with Gasteiger partial charge >= 0.3 is 0 Å². The van der Waals surface area contributed by atoms with Gasteiger partial charge in [0.25, 0.3) is 0 Å². The average Bonchev–Trinajstić information content (AvgIpc) is 2.80. The summed E-state index contributed by atoms with van der Waals surface area (Å²) in [4.78, 5) is 16.0. The number of aliphatic imine (C=N–C) groups is 1. The summed E-state index contributed by atoms with van der Waals surface area (Å²) < 4.78 is 0. The van der Waals surface area contributed by atoms with Gasteiger partial charge in [-0.15, -0.1) is 0 Å². The third-order valence-electron chi connectivity index (χ3n) is 3.72. The Morgan fingerprint density at radius 2 is 2.18 bits per heavy atom. The third-order valence-corrected chi connectivity index (χ3v) is 4.99. The van der Waals surface area contributed by atoms with E-state index in [9.17, 15) is 4.79 Å². The lowest BCUT2D eigenvalue weighted by Gasteiger charge is -2.31. The quantitative estimate of drug-likeness (QED) is 0.783. The first kappa shape index (κ1) is 12.7. The second-order valence-electron chi connectivity index (χ2n) is 5.10. The molecule has 0 aromatic heterocycles. The third kappa shape index (κ3) is 2.94. The van der Waals surface area contributed by atoms with Gasteiger partial charge in [-0.25, -0.2) is 0 Å². The predicted octanol–water partition coefficient (Wildman–Crippen LogP) is 1.37. The van der Waals surface area contributed by atoms with Crippen molar-refractivity contribution in [2.75, 3.05) is 19.3 Å². The number of nitrogens with one attached hydrogen (secondary N) is 2. The highest BCUT2D eigenvalue weighted by Crippen LogP contribution is 2.43. The van der Waals surface area contributed by atoms with E-state index < -0.39 is 0 Å². The Morgan fingerprint density at radius 1 is 1.47 bits per heavy atom. The van der Waals surface area contributed by atoms with Gasteiger partial charge in [0.15, 0.2) is 5.17 Å². The van der Waals surface area contributed by atoms with E-state index in [0.29, 0.717) is 5.41 Å². The monoisotopic (exact) mass is 255 g/mol. The standard InChI is InChI=1S/C12H21N3OS/c1-9(10(16)13-2)15-11-14-7-12(8-17-11)5-3-4-6-12/h9H,3-8H2,1-2H3,(H,13,16)(H,14,15). The molecule has 1 aliphatic carbocycles. The van der Waals surface area contributed by atoms with Crippen molar-refractivity contribution in [1.82, 2.24) is 10.6 Å². The van der Waals surface area contributed by atoms with Crippen molar-refractivity contribution in [2.45, 2.75) is 38.6 Å². The van der Waals surface area contributed by atoms with Crippen molar-refractivity contribution in [3.63, 3.8) is 0 Å². The molecule has 0 aromatic rings. The number of hydrogen-bond acceptors (Lipinski definition) is 4. The van der Waals surface area contributed by atoms with Crippen LogP contribution in [0.5, 0.6) is 0 Å². The molecule has 2 aliphatic rings. The molecule has 1 unspecified atom stereocenters. The van der Waals surface area contributed by atoms with Crippen LogP contribution in [0.3, 0.4) is 0 Å². The SMILES string of the molecule is CNC(=O)C(C)NC1=NCC2(CCCC2)CS1. The van der Waals surface area contributed by atoms with E-state index >= 15 is 0 Å². The predicted molar refractivity (Wildman–Crippen MR) is 72.3 cm³/mol. The topological polar surface area (TPSA) is 53.5 Å². The van der Waals surface area contributed by atoms with Crippen molar-refractivity contribution < 1.29 is 4.79 Å². The molecule has 1 heterocycles. The summed E-state index contributed by atoms with van der Waals surface area (Å²) in [5.41, 5.74) is 0.464. The van der Waals surface area contributed by atoms with E-state index in [1.807, 2.05) is 6.92 Å². The zero-order valence-electron chi connectivity index (χ0n) is 10.6. The molecule has 0 radical (unpaired) electrons. The molecule has 1 atom stereocenters. The Balaban J connectivity index is 1.88. The van der Waals surface area contributed by atoms with Crippen molar-refractivity contribution in [2.24, 2.45) is 10.4 Å². The molecule has 96 valence electrons. The van der Waals surface area contributed by atoms with Crippen LogP contribution in [0.15, 0.2) is 4.99 Å². The van der Waals surface area contributed by atoms with E-state index in [0.717, 1.165) is 17.5 Å². The molecule has 0 bridgehead atoms. The van der Waals surface area contributed by atoms with Crippen LogP contribution in [0, 0.1) is 5.41 Å². The van der Waals surface area contributed by atoms with E-state index in [1.165, 1.54) is 25.7 Å². The fourth-order valence-corrected chi connectivity index (χ4v) is 3.77. The maximum absolute atomic E-state index is 11.4. The summed E-state index contributed by atoms with van der Waals surface area (Å²) in [5, 5.41) is 6.74. The number of amides is 1. The molecule has 5 heteroatoms. The molecule has 1 spiro atoms. The van der Waals surface area contributed by atoms with Gasteiger partial charge in [0.1, 0.15) is 6.04 Å². The zero-order valence-corrected chi connectivity index (χ0v) is 11.4. The highest BCUT2D eigenvalue weighted by Gasteiger charge is 2.36. The highest BCUT2D eigenvalue weighted by molar-refractivity contribution is 8.13. The molecule has 2 N–H and O–H groups in total. The maximum atomic E-state index is 11.4. The van der Waals surface area contributed by atoms with Crippen LogP contribution in [0.1, 0.15) is 32.6 Å². The normalized spacial score (nSPS) is 24.2. The van der Waals surface area contributed by atoms with Crippen LogP contribution in [0.4, 0.5) is 0 Å². The second-order valence-corrected chi connectivity index (χ2v) is 6.06. The minimum Gasteiger partial charge on any atom is -0.357 e. The number of carbonyl (C=O) groups excluding carboxylic acids is 1. The summed E-state index contributed by atoms with van der Waals surface area (Å²) in [7, 11) is 1.66. The fourth-order valence-electron chi connectivity index (χ4n) is 2.53. The van der Waals surface area contributed by atoms with Gasteiger partial charge in [0, 0.05) is 19.3 Å². The van der Waals surface area contributed by atoms with Gasteiger partial charge in [-0.2, -0.15) is 0 Å². The molecule has 1 aliphatic heterocycles. The van der Waals surface area contributed by atoms with Crippen LogP contribution in [-0.4, -0.2) is 36.5 Å². The highest BCUT2D eigenvalue weighted by atomic mass is 32.2. The van der Waals surface area contributed by atoms with E-state index in [4.69, 9.17) is 0 Å².